The minimum Gasteiger partial charge on any atom is -0.457 e. The van der Waals surface area contributed by atoms with Gasteiger partial charge in [0.15, 0.2) is 0 Å². The minimum absolute atomic E-state index is 0.259. The molecule has 0 unspecified atom stereocenters. The van der Waals surface area contributed by atoms with Gasteiger partial charge < -0.3 is 28.4 Å². The molecule has 2 aliphatic carbocycles. The molecule has 1 heterocycles. The van der Waals surface area contributed by atoms with E-state index in [-0.39, 0.29) is 30.6 Å². The Morgan fingerprint density at radius 1 is 0.864 bits per heavy atom. The Morgan fingerprint density at radius 2 is 1.58 bits per heavy atom. The van der Waals surface area contributed by atoms with Gasteiger partial charge in [0, 0.05) is 18.7 Å². The largest absolute Gasteiger partial charge is 0.457 e. The summed E-state index contributed by atoms with van der Waals surface area (Å²) in [5.74, 6) is 0.568. The van der Waals surface area contributed by atoms with Gasteiger partial charge in [-0.25, -0.2) is 14.8 Å². The van der Waals surface area contributed by atoms with Crippen molar-refractivity contribution in [2.75, 3.05) is 45.3 Å². The summed E-state index contributed by atoms with van der Waals surface area (Å²) >= 11 is 1.56. The van der Waals surface area contributed by atoms with Gasteiger partial charge in [-0.2, -0.15) is 5.10 Å². The van der Waals surface area contributed by atoms with Crippen LogP contribution in [0.2, 0.25) is 0 Å². The third kappa shape index (κ3) is 12.7. The number of benzene rings is 3. The highest BCUT2D eigenvalue weighted by molar-refractivity contribution is 7.22. The number of nitrogens with zero attached hydrogens (tertiary/aromatic N) is 3. The number of esters is 3. The first-order chi connectivity index (χ1) is 28.8. The molecule has 4 aromatic rings. The Bertz CT molecular complexity index is 1980. The fraction of sp³-hybridized carbons (Fsp3) is 0.457. The van der Waals surface area contributed by atoms with Gasteiger partial charge in [0.2, 0.25) is 11.9 Å². The van der Waals surface area contributed by atoms with Gasteiger partial charge in [-0.3, -0.25) is 9.59 Å². The average Bonchev–Trinajstić information content (AvgIpc) is 3.70. The highest BCUT2D eigenvalue weighted by Crippen LogP contribution is 2.39. The molecule has 0 aliphatic heterocycles. The van der Waals surface area contributed by atoms with Crippen LogP contribution in [0.4, 0.5) is 5.13 Å². The summed E-state index contributed by atoms with van der Waals surface area (Å²) < 4.78 is 34.0. The number of hydrogen-bond acceptors (Lipinski definition) is 13. The summed E-state index contributed by atoms with van der Waals surface area (Å²) in [7, 11) is 1.65. The van der Waals surface area contributed by atoms with Crippen LogP contribution in [0.5, 0.6) is 17.2 Å². The van der Waals surface area contributed by atoms with Crippen LogP contribution in [-0.2, 0) is 28.6 Å². The summed E-state index contributed by atoms with van der Waals surface area (Å²) in [6.45, 7) is 7.21. The summed E-state index contributed by atoms with van der Waals surface area (Å²) in [6.07, 6.45) is 12.1. The number of fused-ring (bicyclic) bond motifs is 1. The summed E-state index contributed by atoms with van der Waals surface area (Å²) in [5.41, 5.74) is 2.85. The lowest BCUT2D eigenvalue weighted by Gasteiger charge is -2.29. The SMILES string of the molecule is C=CC(=O)OCOc1ccc(OC(=O)C2CCC(C(=O)Oc3ccc(C4CCC(CCC)CC4)cc3/C=N/N(CCOCCOC)c3nc4ccccc4s3)CC2)cc1. The Morgan fingerprint density at radius 3 is 2.27 bits per heavy atom. The van der Waals surface area contributed by atoms with Crippen LogP contribution in [-0.4, -0.2) is 69.4 Å². The van der Waals surface area contributed by atoms with E-state index in [0.29, 0.717) is 75.2 Å². The van der Waals surface area contributed by atoms with E-state index < -0.39 is 5.97 Å². The second-order valence-corrected chi connectivity index (χ2v) is 16.0. The zero-order valence-electron chi connectivity index (χ0n) is 34.1. The van der Waals surface area contributed by atoms with Crippen molar-refractivity contribution in [2.45, 2.75) is 77.0 Å². The number of carbonyl (C=O) groups excluding carboxylic acids is 3. The average molecular weight is 826 g/mol. The third-order valence-electron chi connectivity index (χ3n) is 11.0. The second kappa shape index (κ2) is 22.3. The monoisotopic (exact) mass is 825 g/mol. The quantitative estimate of drug-likeness (QED) is 0.0161. The van der Waals surface area contributed by atoms with Crippen molar-refractivity contribution in [1.82, 2.24) is 4.98 Å². The molecule has 0 N–H and O–H groups in total. The molecular formula is C46H55N3O9S. The van der Waals surface area contributed by atoms with E-state index in [1.807, 2.05) is 35.3 Å². The van der Waals surface area contributed by atoms with Crippen LogP contribution >= 0.6 is 11.3 Å². The van der Waals surface area contributed by atoms with Gasteiger partial charge in [-0.15, -0.1) is 0 Å². The van der Waals surface area contributed by atoms with Crippen molar-refractivity contribution in [3.8, 4) is 17.2 Å². The maximum absolute atomic E-state index is 13.7. The molecule has 2 fully saturated rings. The third-order valence-corrected chi connectivity index (χ3v) is 12.1. The summed E-state index contributed by atoms with van der Waals surface area (Å²) in [6, 6.07) is 20.6. The highest BCUT2D eigenvalue weighted by atomic mass is 32.1. The number of anilines is 1. The van der Waals surface area contributed by atoms with Crippen molar-refractivity contribution < 1.29 is 42.8 Å². The minimum atomic E-state index is -0.586. The molecule has 2 aliphatic rings. The van der Waals surface area contributed by atoms with Crippen LogP contribution in [0.25, 0.3) is 10.2 Å². The molecule has 0 radical (unpaired) electrons. The Balaban J connectivity index is 1.12. The van der Waals surface area contributed by atoms with E-state index >= 15 is 0 Å². The lowest BCUT2D eigenvalue weighted by molar-refractivity contribution is -0.145. The molecule has 59 heavy (non-hydrogen) atoms. The summed E-state index contributed by atoms with van der Waals surface area (Å²) in [5, 5.41) is 7.53. The first-order valence-electron chi connectivity index (χ1n) is 20.7. The second-order valence-electron chi connectivity index (χ2n) is 15.0. The normalized spacial score (nSPS) is 19.3. The molecule has 0 spiro atoms. The first-order valence-corrected chi connectivity index (χ1v) is 21.5. The van der Waals surface area contributed by atoms with Crippen molar-refractivity contribution in [3.05, 3.63) is 90.5 Å². The number of para-hydroxylation sites is 1. The number of aromatic nitrogens is 1. The first kappa shape index (κ1) is 43.5. The lowest BCUT2D eigenvalue weighted by Crippen LogP contribution is -2.30. The molecule has 0 saturated heterocycles. The lowest BCUT2D eigenvalue weighted by atomic mass is 9.77. The Kier molecular flexibility index (Phi) is 16.4. The van der Waals surface area contributed by atoms with Gasteiger partial charge in [-0.05, 0) is 117 Å². The summed E-state index contributed by atoms with van der Waals surface area (Å²) in [4.78, 5) is 42.9. The molecule has 314 valence electrons. The molecule has 0 bridgehead atoms. The highest BCUT2D eigenvalue weighted by Gasteiger charge is 2.33. The molecule has 1 aromatic heterocycles. The van der Waals surface area contributed by atoms with Crippen molar-refractivity contribution in [3.63, 3.8) is 0 Å². The zero-order chi connectivity index (χ0) is 41.4. The topological polar surface area (TPSA) is 135 Å². The van der Waals surface area contributed by atoms with Gasteiger partial charge in [0.1, 0.15) is 17.2 Å². The number of thiazole rings is 1. The standard InChI is InChI=1S/C46H55N3O9S/c1-4-8-32-11-13-33(14-12-32)36-19-24-41(37(29-36)30-47-49(25-26-54-28-27-53-3)46-48-40-9-6-7-10-42(40)59-46)58-45(52)35-17-15-34(16-18-35)44(51)57-39-22-20-38(21-23-39)55-31-56-43(50)5-2/h5-7,9-10,19-24,29-30,32-35H,2,4,8,11-18,25-28,31H2,1,3H3/b47-30+. The van der Waals surface area contributed by atoms with E-state index in [2.05, 4.69) is 25.6 Å². The van der Waals surface area contributed by atoms with E-state index in [9.17, 15) is 14.4 Å². The van der Waals surface area contributed by atoms with Crippen LogP contribution in [0.3, 0.4) is 0 Å². The Labute approximate surface area is 350 Å². The van der Waals surface area contributed by atoms with Crippen LogP contribution in [0.1, 0.15) is 88.2 Å². The number of ether oxygens (including phenoxy) is 6. The predicted octanol–water partition coefficient (Wildman–Crippen LogP) is 9.26. The smallest absolute Gasteiger partial charge is 0.333 e. The van der Waals surface area contributed by atoms with Gasteiger partial charge in [0.25, 0.3) is 0 Å². The van der Waals surface area contributed by atoms with Crippen LogP contribution in [0, 0.1) is 17.8 Å². The zero-order valence-corrected chi connectivity index (χ0v) is 34.9. The van der Waals surface area contributed by atoms with Crippen molar-refractivity contribution in [1.29, 1.82) is 0 Å². The van der Waals surface area contributed by atoms with Crippen molar-refractivity contribution >= 4 is 50.8 Å². The van der Waals surface area contributed by atoms with E-state index in [1.54, 1.807) is 48.9 Å². The molecule has 6 rings (SSSR count). The van der Waals surface area contributed by atoms with Gasteiger partial charge in [0.05, 0.1) is 54.6 Å². The molecule has 0 amide bonds. The van der Waals surface area contributed by atoms with E-state index in [0.717, 1.165) is 45.7 Å². The number of hydrazone groups is 1. The fourth-order valence-corrected chi connectivity index (χ4v) is 8.63. The molecule has 12 nitrogen and oxygen atoms in total. The molecule has 13 heteroatoms. The van der Waals surface area contributed by atoms with Crippen LogP contribution in [0.15, 0.2) is 84.5 Å². The molecular weight excluding hydrogens is 771 g/mol. The van der Waals surface area contributed by atoms with E-state index in [1.165, 1.54) is 31.2 Å². The molecule has 0 atom stereocenters. The maximum Gasteiger partial charge on any atom is 0.333 e. The maximum atomic E-state index is 13.7. The van der Waals surface area contributed by atoms with Gasteiger partial charge in [-0.1, -0.05) is 55.9 Å². The number of methoxy groups -OCH3 is 1. The fourth-order valence-electron chi connectivity index (χ4n) is 7.68. The Hall–Kier alpha value is -5.11. The molecule has 3 aromatic carbocycles. The number of carbonyl (C=O) groups is 3. The van der Waals surface area contributed by atoms with Crippen molar-refractivity contribution in [2.24, 2.45) is 22.9 Å². The predicted molar refractivity (Wildman–Crippen MR) is 228 cm³/mol. The molecule has 2 saturated carbocycles. The number of rotatable bonds is 20. The van der Waals surface area contributed by atoms with Gasteiger partial charge >= 0.3 is 17.9 Å². The van der Waals surface area contributed by atoms with Crippen LogP contribution < -0.4 is 19.2 Å². The number of hydrogen-bond donors (Lipinski definition) is 0. The van der Waals surface area contributed by atoms with E-state index in [4.69, 9.17) is 38.5 Å².